The molecule has 38 heavy (non-hydrogen) atoms. The van der Waals surface area contributed by atoms with Crippen LogP contribution in [0.1, 0.15) is 113 Å². The van der Waals surface area contributed by atoms with Crippen LogP contribution in [0.4, 0.5) is 0 Å². The average Bonchev–Trinajstić information content (AvgIpc) is 3.47. The predicted octanol–water partition coefficient (Wildman–Crippen LogP) is 6.81. The molecule has 0 radical (unpaired) electrons. The van der Waals surface area contributed by atoms with E-state index in [4.69, 9.17) is 0 Å². The van der Waals surface area contributed by atoms with E-state index in [0.29, 0.717) is 59.9 Å². The largest absolute Gasteiger partial charge is 0.348 e. The Kier molecular flexibility index (Phi) is 7.52. The van der Waals surface area contributed by atoms with Crippen LogP contribution in [0.3, 0.4) is 0 Å². The first kappa shape index (κ1) is 27.7. The van der Waals surface area contributed by atoms with Gasteiger partial charge >= 0.3 is 0 Å². The Morgan fingerprint density at radius 3 is 2.47 bits per heavy atom. The molecular weight excluding hydrogens is 494 g/mol. The van der Waals surface area contributed by atoms with Crippen LogP contribution >= 0.6 is 11.3 Å². The summed E-state index contributed by atoms with van der Waals surface area (Å²) in [7, 11) is 0. The highest BCUT2D eigenvalue weighted by molar-refractivity contribution is 7.13. The summed E-state index contributed by atoms with van der Waals surface area (Å²) < 4.78 is 0. The van der Waals surface area contributed by atoms with Crippen molar-refractivity contribution in [3.63, 3.8) is 0 Å². The van der Waals surface area contributed by atoms with E-state index in [1.54, 1.807) is 0 Å². The van der Waals surface area contributed by atoms with Crippen molar-refractivity contribution < 1.29 is 19.2 Å². The Hall–Kier alpha value is -1.82. The number of hydrogen-bond acceptors (Lipinski definition) is 5. The van der Waals surface area contributed by atoms with Gasteiger partial charge in [0.25, 0.3) is 0 Å². The molecule has 4 fully saturated rings. The number of aldehydes is 1. The van der Waals surface area contributed by atoms with E-state index in [-0.39, 0.29) is 46.5 Å². The third kappa shape index (κ3) is 4.63. The van der Waals surface area contributed by atoms with Gasteiger partial charge in [-0.2, -0.15) is 0 Å². The SMILES string of the molecule is CC(C)C(NC(=O)C[C@@H](C)C1CC[C@H]2C3C(=O)CC4CC(=O)CCC4(C)[C@H]3CCC12C)c1ccc(C=O)s1. The average molecular weight is 540 g/mol. The van der Waals surface area contributed by atoms with E-state index in [0.717, 1.165) is 43.3 Å². The van der Waals surface area contributed by atoms with E-state index in [2.05, 4.69) is 39.9 Å². The van der Waals surface area contributed by atoms with Gasteiger partial charge in [-0.05, 0) is 90.6 Å². The van der Waals surface area contributed by atoms with Gasteiger partial charge in [0.05, 0.1) is 10.9 Å². The van der Waals surface area contributed by atoms with Gasteiger partial charge in [-0.15, -0.1) is 11.3 Å². The lowest BCUT2D eigenvalue weighted by atomic mass is 9.44. The zero-order valence-corrected chi connectivity index (χ0v) is 24.6. The summed E-state index contributed by atoms with van der Waals surface area (Å²) in [6, 6.07) is 3.69. The lowest BCUT2D eigenvalue weighted by molar-refractivity contribution is -0.159. The van der Waals surface area contributed by atoms with E-state index in [9.17, 15) is 19.2 Å². The molecule has 0 bridgehead atoms. The zero-order chi connectivity index (χ0) is 27.4. The maximum absolute atomic E-state index is 13.6. The number of fused-ring (bicyclic) bond motifs is 5. The van der Waals surface area contributed by atoms with Crippen LogP contribution in [0.25, 0.3) is 0 Å². The third-order valence-corrected chi connectivity index (χ3v) is 12.7. The van der Waals surface area contributed by atoms with Crippen LogP contribution < -0.4 is 5.32 Å². The standard InChI is InChI=1S/C32H45NO4S/c1-18(2)30(27-9-6-22(17-34)38-27)33-28(37)14-19(3)23-7-8-24-29-25(11-13-32(23,24)5)31(4)12-10-21(35)15-20(31)16-26(29)36/h6,9,17-20,23-25,29-30H,7-8,10-16H2,1-5H3,(H,33,37)/t19-,20?,23?,24+,25+,29?,30?,31?,32?/m1/s1. The van der Waals surface area contributed by atoms with Crippen molar-refractivity contribution >= 4 is 35.1 Å². The molecule has 0 aromatic carbocycles. The Morgan fingerprint density at radius 1 is 1.05 bits per heavy atom. The molecule has 4 aliphatic rings. The maximum Gasteiger partial charge on any atom is 0.220 e. The fraction of sp³-hybridized carbons (Fsp3) is 0.750. The highest BCUT2D eigenvalue weighted by Gasteiger charge is 2.63. The first-order valence-electron chi connectivity index (χ1n) is 14.9. The molecule has 6 unspecified atom stereocenters. The minimum Gasteiger partial charge on any atom is -0.348 e. The van der Waals surface area contributed by atoms with Crippen LogP contribution in [-0.4, -0.2) is 23.8 Å². The number of rotatable bonds is 7. The van der Waals surface area contributed by atoms with Crippen LogP contribution in [0.15, 0.2) is 12.1 Å². The molecule has 1 aromatic rings. The van der Waals surface area contributed by atoms with Gasteiger partial charge in [-0.1, -0.05) is 34.6 Å². The molecule has 5 rings (SSSR count). The summed E-state index contributed by atoms with van der Waals surface area (Å²) in [5, 5.41) is 3.27. The predicted molar refractivity (Wildman–Crippen MR) is 150 cm³/mol. The molecule has 1 N–H and O–H groups in total. The number of carbonyl (C=O) groups is 4. The summed E-state index contributed by atoms with van der Waals surface area (Å²) in [4.78, 5) is 52.0. The van der Waals surface area contributed by atoms with E-state index in [1.165, 1.54) is 11.3 Å². The fourth-order valence-electron chi connectivity index (χ4n) is 9.53. The zero-order valence-electron chi connectivity index (χ0n) is 23.8. The van der Waals surface area contributed by atoms with Crippen LogP contribution in [0, 0.1) is 52.3 Å². The van der Waals surface area contributed by atoms with Crippen molar-refractivity contribution in [2.24, 2.45) is 52.3 Å². The van der Waals surface area contributed by atoms with E-state index >= 15 is 0 Å². The monoisotopic (exact) mass is 539 g/mol. The second-order valence-corrected chi connectivity index (χ2v) is 15.1. The third-order valence-electron chi connectivity index (χ3n) is 11.6. The van der Waals surface area contributed by atoms with E-state index < -0.39 is 0 Å². The Balaban J connectivity index is 1.28. The number of thiophene rings is 1. The van der Waals surface area contributed by atoms with Gasteiger partial charge in [0, 0.05) is 36.5 Å². The van der Waals surface area contributed by atoms with Crippen molar-refractivity contribution in [1.29, 1.82) is 0 Å². The van der Waals surface area contributed by atoms with Crippen molar-refractivity contribution in [1.82, 2.24) is 5.32 Å². The van der Waals surface area contributed by atoms with Crippen molar-refractivity contribution in [2.75, 3.05) is 0 Å². The van der Waals surface area contributed by atoms with Crippen molar-refractivity contribution in [3.05, 3.63) is 21.9 Å². The first-order valence-corrected chi connectivity index (χ1v) is 15.7. The summed E-state index contributed by atoms with van der Waals surface area (Å²) in [6.45, 7) is 11.2. The Bertz CT molecular complexity index is 1110. The van der Waals surface area contributed by atoms with Gasteiger partial charge in [0.1, 0.15) is 11.6 Å². The summed E-state index contributed by atoms with van der Waals surface area (Å²) in [5.41, 5.74) is 0.211. The molecule has 6 heteroatoms. The van der Waals surface area contributed by atoms with Crippen LogP contribution in [-0.2, 0) is 14.4 Å². The molecule has 4 aliphatic carbocycles. The number of Topliss-reactive ketones (excluding diaryl/α,β-unsaturated/α-hetero) is 2. The molecule has 0 spiro atoms. The minimum atomic E-state index is -0.0910. The number of carbonyl (C=O) groups excluding carboxylic acids is 4. The van der Waals surface area contributed by atoms with Gasteiger partial charge in [0.2, 0.25) is 5.91 Å². The fourth-order valence-corrected chi connectivity index (χ4v) is 10.6. The molecule has 0 saturated heterocycles. The van der Waals surface area contributed by atoms with Crippen molar-refractivity contribution in [3.8, 4) is 0 Å². The summed E-state index contributed by atoms with van der Waals surface area (Å²) in [5.74, 6) is 2.93. The normalized spacial score (nSPS) is 38.2. The molecule has 208 valence electrons. The topological polar surface area (TPSA) is 80.3 Å². The smallest absolute Gasteiger partial charge is 0.220 e. The molecular formula is C32H45NO4S. The van der Waals surface area contributed by atoms with Gasteiger partial charge in [-0.25, -0.2) is 0 Å². The molecule has 1 amide bonds. The first-order chi connectivity index (χ1) is 18.0. The molecule has 1 heterocycles. The lowest BCUT2D eigenvalue weighted by Crippen LogP contribution is -2.57. The summed E-state index contributed by atoms with van der Waals surface area (Å²) >= 11 is 1.45. The molecule has 9 atom stereocenters. The number of hydrogen-bond donors (Lipinski definition) is 1. The van der Waals surface area contributed by atoms with Crippen LogP contribution in [0.2, 0.25) is 0 Å². The summed E-state index contributed by atoms with van der Waals surface area (Å²) in [6.07, 6.45) is 8.54. The lowest BCUT2D eigenvalue weighted by Gasteiger charge is -2.59. The van der Waals surface area contributed by atoms with Gasteiger partial charge < -0.3 is 5.32 Å². The second kappa shape index (κ2) is 10.3. The minimum absolute atomic E-state index is 0.0777. The van der Waals surface area contributed by atoms with Gasteiger partial charge in [-0.3, -0.25) is 19.2 Å². The quantitative estimate of drug-likeness (QED) is 0.386. The highest BCUT2D eigenvalue weighted by atomic mass is 32.1. The van der Waals surface area contributed by atoms with Gasteiger partial charge in [0.15, 0.2) is 6.29 Å². The molecule has 4 saturated carbocycles. The molecule has 0 aliphatic heterocycles. The van der Waals surface area contributed by atoms with Crippen LogP contribution in [0.5, 0.6) is 0 Å². The molecule has 1 aromatic heterocycles. The maximum atomic E-state index is 13.6. The highest BCUT2D eigenvalue weighted by Crippen LogP contribution is 2.67. The molecule has 5 nitrogen and oxygen atoms in total. The van der Waals surface area contributed by atoms with Crippen molar-refractivity contribution in [2.45, 2.75) is 98.4 Å². The Labute approximate surface area is 231 Å². The number of nitrogens with one attached hydrogen (secondary N) is 1. The Morgan fingerprint density at radius 2 is 1.79 bits per heavy atom. The number of ketones is 2. The second-order valence-electron chi connectivity index (χ2n) is 13.9. The number of amides is 1. The van der Waals surface area contributed by atoms with E-state index in [1.807, 2.05) is 12.1 Å².